The predicted molar refractivity (Wildman–Crippen MR) is 220 cm³/mol. The number of fused-ring (bicyclic) bond motifs is 8. The summed E-state index contributed by atoms with van der Waals surface area (Å²) in [7, 11) is 0. The molecule has 0 bridgehead atoms. The largest absolute Gasteiger partial charge is 0.456 e. The molecule has 8 aromatic carbocycles. The summed E-state index contributed by atoms with van der Waals surface area (Å²) in [6, 6.07) is 62.8. The zero-order valence-corrected chi connectivity index (χ0v) is 28.9. The van der Waals surface area contributed by atoms with Gasteiger partial charge >= 0.3 is 0 Å². The number of furan rings is 2. The van der Waals surface area contributed by atoms with Crippen LogP contribution in [0.25, 0.3) is 88.7 Å². The maximum atomic E-state index is 6.47. The fourth-order valence-electron chi connectivity index (χ4n) is 7.76. The molecule has 0 saturated heterocycles. The van der Waals surface area contributed by atoms with Crippen LogP contribution in [0.5, 0.6) is 0 Å². The second kappa shape index (κ2) is 12.1. The summed E-state index contributed by atoms with van der Waals surface area (Å²) in [5, 5.41) is 4.12. The van der Waals surface area contributed by atoms with Crippen molar-refractivity contribution in [1.29, 1.82) is 0 Å². The number of nitrogens with zero attached hydrogens (tertiary/aromatic N) is 2. The maximum Gasteiger partial charge on any atom is 0.227 e. The first-order valence-electron chi connectivity index (χ1n) is 18.0. The van der Waals surface area contributed by atoms with Crippen LogP contribution < -0.4 is 4.90 Å². The van der Waals surface area contributed by atoms with Gasteiger partial charge in [0.05, 0.1) is 5.39 Å². The first-order chi connectivity index (χ1) is 26.7. The molecule has 0 saturated carbocycles. The summed E-state index contributed by atoms with van der Waals surface area (Å²) < 4.78 is 19.1. The van der Waals surface area contributed by atoms with Gasteiger partial charge in [0, 0.05) is 38.8 Å². The molecule has 5 nitrogen and oxygen atoms in total. The number of rotatable bonds is 6. The SMILES string of the molecule is c1ccc(-c2ccc(N(c3ccc(-c4cccc5oc6ccccc6c45)cc3)c3ccc4oc5ccc6nc(-c7ccccc7)oc6c5c4c3)cc2)cc1. The Morgan fingerprint density at radius 1 is 0.370 bits per heavy atom. The summed E-state index contributed by atoms with van der Waals surface area (Å²) >= 11 is 0. The zero-order valence-electron chi connectivity index (χ0n) is 28.9. The Labute approximate surface area is 309 Å². The first-order valence-corrected chi connectivity index (χ1v) is 18.0. The van der Waals surface area contributed by atoms with E-state index in [0.29, 0.717) is 11.5 Å². The highest BCUT2D eigenvalue weighted by atomic mass is 16.4. The van der Waals surface area contributed by atoms with E-state index in [2.05, 4.69) is 120 Å². The molecule has 0 atom stereocenters. The van der Waals surface area contributed by atoms with Crippen molar-refractivity contribution in [1.82, 2.24) is 4.98 Å². The van der Waals surface area contributed by atoms with Crippen molar-refractivity contribution in [2.24, 2.45) is 0 Å². The van der Waals surface area contributed by atoms with Crippen LogP contribution in [0.4, 0.5) is 17.1 Å². The van der Waals surface area contributed by atoms with Crippen molar-refractivity contribution in [2.75, 3.05) is 4.90 Å². The number of benzene rings is 8. The van der Waals surface area contributed by atoms with Gasteiger partial charge in [-0.15, -0.1) is 0 Å². The van der Waals surface area contributed by atoms with Gasteiger partial charge in [-0.2, -0.15) is 0 Å². The highest BCUT2D eigenvalue weighted by Crippen LogP contribution is 2.43. The minimum Gasteiger partial charge on any atom is -0.456 e. The third-order valence-corrected chi connectivity index (χ3v) is 10.3. The minimum absolute atomic E-state index is 0.586. The summed E-state index contributed by atoms with van der Waals surface area (Å²) in [4.78, 5) is 7.14. The predicted octanol–water partition coefficient (Wildman–Crippen LogP) is 14.1. The van der Waals surface area contributed by atoms with Gasteiger partial charge in [0.15, 0.2) is 5.58 Å². The summed E-state index contributed by atoms with van der Waals surface area (Å²) in [6.07, 6.45) is 0. The minimum atomic E-state index is 0.586. The van der Waals surface area contributed by atoms with E-state index in [1.54, 1.807) is 0 Å². The van der Waals surface area contributed by atoms with Crippen molar-refractivity contribution in [3.8, 4) is 33.7 Å². The summed E-state index contributed by atoms with van der Waals surface area (Å²) in [5.41, 5.74) is 13.4. The lowest BCUT2D eigenvalue weighted by Crippen LogP contribution is -2.09. The van der Waals surface area contributed by atoms with E-state index in [0.717, 1.165) is 88.7 Å². The zero-order chi connectivity index (χ0) is 35.6. The van der Waals surface area contributed by atoms with Gasteiger partial charge in [0.25, 0.3) is 0 Å². The quantitative estimate of drug-likeness (QED) is 0.173. The van der Waals surface area contributed by atoms with E-state index in [1.807, 2.05) is 66.7 Å². The van der Waals surface area contributed by atoms with E-state index in [1.165, 1.54) is 5.56 Å². The number of oxazole rings is 1. The van der Waals surface area contributed by atoms with Gasteiger partial charge < -0.3 is 18.2 Å². The topological polar surface area (TPSA) is 55.6 Å². The molecule has 0 N–H and O–H groups in total. The molecule has 0 spiro atoms. The van der Waals surface area contributed by atoms with E-state index < -0.39 is 0 Å². The highest BCUT2D eigenvalue weighted by molar-refractivity contribution is 6.17. The van der Waals surface area contributed by atoms with Crippen molar-refractivity contribution in [2.45, 2.75) is 0 Å². The third kappa shape index (κ3) is 4.90. The van der Waals surface area contributed by atoms with E-state index in [9.17, 15) is 0 Å². The molecule has 0 aliphatic carbocycles. The van der Waals surface area contributed by atoms with Gasteiger partial charge in [-0.1, -0.05) is 103 Å². The van der Waals surface area contributed by atoms with Crippen LogP contribution in [-0.4, -0.2) is 4.98 Å². The van der Waals surface area contributed by atoms with Crippen molar-refractivity contribution < 1.29 is 13.3 Å². The van der Waals surface area contributed by atoms with Crippen molar-refractivity contribution in [3.05, 3.63) is 182 Å². The van der Waals surface area contributed by atoms with Crippen molar-refractivity contribution >= 4 is 72.0 Å². The number of anilines is 3. The Hall–Kier alpha value is -7.37. The first kappa shape index (κ1) is 30.3. The number of hydrogen-bond donors (Lipinski definition) is 0. The molecule has 0 fully saturated rings. The van der Waals surface area contributed by atoms with E-state index >= 15 is 0 Å². The number of hydrogen-bond acceptors (Lipinski definition) is 5. The summed E-state index contributed by atoms with van der Waals surface area (Å²) in [6.45, 7) is 0. The lowest BCUT2D eigenvalue weighted by Gasteiger charge is -2.26. The van der Waals surface area contributed by atoms with Crippen molar-refractivity contribution in [3.63, 3.8) is 0 Å². The van der Waals surface area contributed by atoms with Crippen LogP contribution in [0.2, 0.25) is 0 Å². The molecule has 0 aliphatic heterocycles. The van der Waals surface area contributed by atoms with Gasteiger partial charge in [-0.05, 0) is 101 Å². The van der Waals surface area contributed by atoms with Crippen LogP contribution in [-0.2, 0) is 0 Å². The molecule has 254 valence electrons. The average Bonchev–Trinajstić information content (AvgIpc) is 3.95. The van der Waals surface area contributed by atoms with Gasteiger partial charge in [-0.3, -0.25) is 0 Å². The molecular formula is C49H30N2O3. The Morgan fingerprint density at radius 3 is 1.70 bits per heavy atom. The normalized spacial score (nSPS) is 11.7. The van der Waals surface area contributed by atoms with Crippen LogP contribution in [0.1, 0.15) is 0 Å². The van der Waals surface area contributed by atoms with E-state index in [-0.39, 0.29) is 0 Å². The highest BCUT2D eigenvalue weighted by Gasteiger charge is 2.20. The Balaban J connectivity index is 1.07. The number of para-hydroxylation sites is 1. The second-order valence-corrected chi connectivity index (χ2v) is 13.5. The average molecular weight is 695 g/mol. The molecule has 0 aliphatic rings. The smallest absolute Gasteiger partial charge is 0.227 e. The molecule has 3 aromatic heterocycles. The third-order valence-electron chi connectivity index (χ3n) is 10.3. The fraction of sp³-hybridized carbons (Fsp3) is 0. The van der Waals surface area contributed by atoms with Crippen LogP contribution in [0, 0.1) is 0 Å². The molecule has 3 heterocycles. The molecule has 54 heavy (non-hydrogen) atoms. The molecule has 0 unspecified atom stereocenters. The molecule has 0 amide bonds. The molecule has 0 radical (unpaired) electrons. The second-order valence-electron chi connectivity index (χ2n) is 13.5. The monoisotopic (exact) mass is 694 g/mol. The lowest BCUT2D eigenvalue weighted by molar-refractivity contribution is 0.622. The van der Waals surface area contributed by atoms with Crippen LogP contribution in [0.3, 0.4) is 0 Å². The van der Waals surface area contributed by atoms with E-state index in [4.69, 9.17) is 18.2 Å². The van der Waals surface area contributed by atoms with Gasteiger partial charge in [0.1, 0.15) is 27.8 Å². The Kier molecular flexibility index (Phi) is 6.79. The molecule has 11 aromatic rings. The van der Waals surface area contributed by atoms with Gasteiger partial charge in [0.2, 0.25) is 5.89 Å². The van der Waals surface area contributed by atoms with Crippen LogP contribution >= 0.6 is 0 Å². The Morgan fingerprint density at radius 2 is 0.944 bits per heavy atom. The summed E-state index contributed by atoms with van der Waals surface area (Å²) in [5.74, 6) is 0.586. The number of aromatic nitrogens is 1. The standard InChI is InChI=1S/C49H30N2O3/c1-3-10-31(11-4-1)32-18-22-35(23-19-32)51(36-24-20-33(21-25-36)38-15-9-17-44-46(38)39-14-7-8-16-42(39)52-44)37-26-28-43-40(30-37)47-45(53-43)29-27-41-48(47)54-49(50-41)34-12-5-2-6-13-34/h1-30H. The lowest BCUT2D eigenvalue weighted by atomic mass is 9.99. The van der Waals surface area contributed by atoms with Gasteiger partial charge in [-0.25, -0.2) is 4.98 Å². The fourth-order valence-corrected chi connectivity index (χ4v) is 7.76. The molecule has 11 rings (SSSR count). The molecular weight excluding hydrogens is 665 g/mol. The molecule has 5 heteroatoms. The Bertz CT molecular complexity index is 3140. The van der Waals surface area contributed by atoms with Crippen LogP contribution in [0.15, 0.2) is 195 Å². The maximum absolute atomic E-state index is 6.47.